The molecule has 0 saturated carbocycles. The van der Waals surface area contributed by atoms with Crippen LogP contribution in [0.1, 0.15) is 5.56 Å². The predicted octanol–water partition coefficient (Wildman–Crippen LogP) is 3.10. The first-order chi connectivity index (χ1) is 5.77. The van der Waals surface area contributed by atoms with Crippen LogP contribution in [0.5, 0.6) is 0 Å². The van der Waals surface area contributed by atoms with Crippen LogP contribution in [0.4, 0.5) is 5.69 Å². The summed E-state index contributed by atoms with van der Waals surface area (Å²) < 4.78 is 0.945. The average Bonchev–Trinajstić information content (AvgIpc) is 2.08. The summed E-state index contributed by atoms with van der Waals surface area (Å²) in [5.41, 5.74) is 8.93. The molecule has 58 valence electrons. The van der Waals surface area contributed by atoms with Crippen LogP contribution < -0.4 is 0 Å². The monoisotopic (exact) mass is 270 g/mol. The van der Waals surface area contributed by atoms with Gasteiger partial charge in [-0.25, -0.2) is 0 Å². The van der Waals surface area contributed by atoms with Crippen molar-refractivity contribution in [1.29, 1.82) is 5.26 Å². The van der Waals surface area contributed by atoms with Crippen LogP contribution >= 0.6 is 22.6 Å². The van der Waals surface area contributed by atoms with Gasteiger partial charge in [0.25, 0.3) is 0 Å². The van der Waals surface area contributed by atoms with Gasteiger partial charge in [-0.1, -0.05) is 11.2 Å². The molecule has 4 nitrogen and oxygen atoms in total. The van der Waals surface area contributed by atoms with E-state index in [1.807, 2.05) is 6.07 Å². The lowest BCUT2D eigenvalue weighted by Gasteiger charge is -1.95. The van der Waals surface area contributed by atoms with E-state index in [-0.39, 0.29) is 0 Å². The molecule has 1 aromatic carbocycles. The van der Waals surface area contributed by atoms with Gasteiger partial charge in [-0.2, -0.15) is 5.26 Å². The van der Waals surface area contributed by atoms with Crippen LogP contribution in [0.2, 0.25) is 0 Å². The predicted molar refractivity (Wildman–Crippen MR) is 52.7 cm³/mol. The van der Waals surface area contributed by atoms with Crippen LogP contribution in [0.25, 0.3) is 10.4 Å². The van der Waals surface area contributed by atoms with Crippen LogP contribution in [-0.2, 0) is 0 Å². The lowest BCUT2D eigenvalue weighted by Crippen LogP contribution is -1.76. The molecule has 0 aromatic heterocycles. The lowest BCUT2D eigenvalue weighted by atomic mass is 10.2. The molecule has 0 radical (unpaired) electrons. The number of nitriles is 1. The summed E-state index contributed by atoms with van der Waals surface area (Å²) in [7, 11) is 0. The molecule has 5 heteroatoms. The highest BCUT2D eigenvalue weighted by molar-refractivity contribution is 14.1. The third-order valence-electron chi connectivity index (χ3n) is 1.23. The molecule has 0 saturated heterocycles. The van der Waals surface area contributed by atoms with Crippen molar-refractivity contribution >= 4 is 28.3 Å². The van der Waals surface area contributed by atoms with Gasteiger partial charge in [-0.15, -0.1) is 0 Å². The van der Waals surface area contributed by atoms with Crippen LogP contribution in [0, 0.1) is 14.9 Å². The Morgan fingerprint density at radius 1 is 1.58 bits per heavy atom. The topological polar surface area (TPSA) is 72.5 Å². The van der Waals surface area contributed by atoms with Crippen molar-refractivity contribution in [2.75, 3.05) is 0 Å². The highest BCUT2D eigenvalue weighted by Crippen LogP contribution is 2.20. The Hall–Kier alpha value is -1.25. The van der Waals surface area contributed by atoms with Crippen molar-refractivity contribution < 1.29 is 0 Å². The second-order valence-corrected chi connectivity index (χ2v) is 3.21. The molecule has 1 rings (SSSR count). The summed E-state index contributed by atoms with van der Waals surface area (Å²) in [6, 6.07) is 7.03. The third kappa shape index (κ3) is 1.87. The van der Waals surface area contributed by atoms with E-state index in [2.05, 4.69) is 32.6 Å². The highest BCUT2D eigenvalue weighted by Gasteiger charge is 1.98. The minimum absolute atomic E-state index is 0.375. The number of azide groups is 1. The smallest absolute Gasteiger partial charge is 0.0996 e. The zero-order valence-corrected chi connectivity index (χ0v) is 8.06. The summed E-state index contributed by atoms with van der Waals surface area (Å²) >= 11 is 2.09. The molecule has 1 aromatic rings. The van der Waals surface area contributed by atoms with Gasteiger partial charge >= 0.3 is 0 Å². The molecule has 0 bridgehead atoms. The van der Waals surface area contributed by atoms with Crippen LogP contribution in [-0.4, -0.2) is 0 Å². The van der Waals surface area contributed by atoms with Crippen molar-refractivity contribution in [1.82, 2.24) is 0 Å². The van der Waals surface area contributed by atoms with Crippen LogP contribution in [0.15, 0.2) is 23.3 Å². The number of hydrogen-bond donors (Lipinski definition) is 0. The van der Waals surface area contributed by atoms with Crippen molar-refractivity contribution in [3.05, 3.63) is 37.8 Å². The quantitative estimate of drug-likeness (QED) is 0.334. The third-order valence-corrected chi connectivity index (χ3v) is 1.90. The first-order valence-corrected chi connectivity index (χ1v) is 4.10. The van der Waals surface area contributed by atoms with Crippen molar-refractivity contribution in [3.8, 4) is 6.07 Å². The van der Waals surface area contributed by atoms with Crippen molar-refractivity contribution in [2.45, 2.75) is 0 Å². The Morgan fingerprint density at radius 2 is 2.33 bits per heavy atom. The van der Waals surface area contributed by atoms with Gasteiger partial charge in [0.15, 0.2) is 0 Å². The Labute approximate surface area is 82.6 Å². The summed E-state index contributed by atoms with van der Waals surface area (Å²) in [5.74, 6) is 0. The second-order valence-electron chi connectivity index (χ2n) is 1.96. The van der Waals surface area contributed by atoms with E-state index in [9.17, 15) is 0 Å². The van der Waals surface area contributed by atoms with E-state index in [4.69, 9.17) is 10.8 Å². The maximum atomic E-state index is 8.63. The summed E-state index contributed by atoms with van der Waals surface area (Å²) in [4.78, 5) is 2.62. The Balaban J connectivity index is 3.31. The molecule has 0 amide bonds. The SMILES string of the molecule is N#Cc1cc(I)ccc1N=[N+]=[N-]. The number of benzene rings is 1. The first kappa shape index (κ1) is 8.84. The van der Waals surface area contributed by atoms with Crippen LogP contribution in [0.3, 0.4) is 0 Å². The van der Waals surface area contributed by atoms with E-state index in [1.165, 1.54) is 0 Å². The Morgan fingerprint density at radius 3 is 2.92 bits per heavy atom. The van der Waals surface area contributed by atoms with Gasteiger partial charge in [-0.05, 0) is 40.3 Å². The molecular weight excluding hydrogens is 267 g/mol. The van der Waals surface area contributed by atoms with Crippen molar-refractivity contribution in [2.24, 2.45) is 5.11 Å². The van der Waals surface area contributed by atoms with E-state index >= 15 is 0 Å². The summed E-state index contributed by atoms with van der Waals surface area (Å²) in [5, 5.41) is 12.0. The van der Waals surface area contributed by atoms with Gasteiger partial charge in [0.05, 0.1) is 17.3 Å². The Kier molecular flexibility index (Phi) is 2.91. The largest absolute Gasteiger partial charge is 0.192 e. The molecule has 12 heavy (non-hydrogen) atoms. The van der Waals surface area contributed by atoms with E-state index < -0.39 is 0 Å². The normalized spacial score (nSPS) is 8.33. The van der Waals surface area contributed by atoms with Gasteiger partial charge in [0.2, 0.25) is 0 Å². The molecule has 0 unspecified atom stereocenters. The zero-order valence-electron chi connectivity index (χ0n) is 5.90. The number of rotatable bonds is 1. The van der Waals surface area contributed by atoms with E-state index in [1.54, 1.807) is 18.2 Å². The highest BCUT2D eigenvalue weighted by atomic mass is 127. The molecule has 0 aliphatic rings. The zero-order chi connectivity index (χ0) is 8.97. The van der Waals surface area contributed by atoms with Gasteiger partial charge in [-0.3, -0.25) is 0 Å². The minimum atomic E-state index is 0.375. The maximum Gasteiger partial charge on any atom is 0.0996 e. The molecule has 0 spiro atoms. The fraction of sp³-hybridized carbons (Fsp3) is 0. The average molecular weight is 270 g/mol. The molecule has 0 N–H and O–H groups in total. The van der Waals surface area contributed by atoms with E-state index in [0.717, 1.165) is 3.57 Å². The summed E-state index contributed by atoms with van der Waals surface area (Å²) in [6.07, 6.45) is 0. The molecule has 0 aliphatic heterocycles. The molecule has 0 heterocycles. The van der Waals surface area contributed by atoms with Gasteiger partial charge in [0, 0.05) is 8.48 Å². The van der Waals surface area contributed by atoms with E-state index in [0.29, 0.717) is 11.3 Å². The second kappa shape index (κ2) is 3.95. The fourth-order valence-corrected chi connectivity index (χ4v) is 1.22. The lowest BCUT2D eigenvalue weighted by molar-refractivity contribution is 1.41. The first-order valence-electron chi connectivity index (χ1n) is 3.02. The standard InChI is InChI=1S/C7H3IN4/c8-6-1-2-7(11-12-10)5(3-6)4-9/h1-3H. The minimum Gasteiger partial charge on any atom is -0.192 e. The maximum absolute atomic E-state index is 8.63. The number of nitrogens with zero attached hydrogens (tertiary/aromatic N) is 4. The fourth-order valence-electron chi connectivity index (χ4n) is 0.733. The molecule has 0 fully saturated rings. The molecular formula is C7H3IN4. The number of hydrogen-bond acceptors (Lipinski definition) is 2. The van der Waals surface area contributed by atoms with Gasteiger partial charge in [0.1, 0.15) is 0 Å². The molecule has 0 aliphatic carbocycles. The Bertz CT molecular complexity index is 387. The molecule has 0 atom stereocenters. The van der Waals surface area contributed by atoms with Crippen molar-refractivity contribution in [3.63, 3.8) is 0 Å². The summed E-state index contributed by atoms with van der Waals surface area (Å²) in [6.45, 7) is 0. The van der Waals surface area contributed by atoms with Gasteiger partial charge < -0.3 is 0 Å². The number of halogens is 1.